The number of aromatic nitrogens is 2. The van der Waals surface area contributed by atoms with Gasteiger partial charge >= 0.3 is 0 Å². The number of thiophene rings is 3. The molecule has 0 N–H and O–H groups in total. The maximum Gasteiger partial charge on any atom is 0.237 e. The second-order valence-electron chi connectivity index (χ2n) is 11.4. The minimum absolute atomic E-state index is 0.0560. The van der Waals surface area contributed by atoms with Gasteiger partial charge in [0.15, 0.2) is 0 Å². The van der Waals surface area contributed by atoms with E-state index in [-0.39, 0.29) is 27.8 Å². The monoisotopic (exact) mass is 686 g/mol. The van der Waals surface area contributed by atoms with Crippen molar-refractivity contribution in [3.63, 3.8) is 0 Å². The van der Waals surface area contributed by atoms with Crippen LogP contribution in [0, 0.1) is 23.3 Å². The van der Waals surface area contributed by atoms with E-state index in [0.29, 0.717) is 21.9 Å². The molecule has 0 atom stereocenters. The minimum Gasteiger partial charge on any atom is -0.340 e. The maximum atomic E-state index is 14.7. The molecular formula is C34H14F4N2O4S3. The van der Waals surface area contributed by atoms with Gasteiger partial charge in [-0.2, -0.15) is 0 Å². The molecule has 5 aromatic heterocycles. The topological polar surface area (TPSA) is 78.1 Å². The van der Waals surface area contributed by atoms with Gasteiger partial charge in [-0.3, -0.25) is 19.2 Å². The van der Waals surface area contributed by atoms with Crippen LogP contribution in [0.3, 0.4) is 0 Å². The van der Waals surface area contributed by atoms with Crippen LogP contribution in [0.2, 0.25) is 0 Å². The Hall–Kier alpha value is -4.98. The third kappa shape index (κ3) is 3.64. The molecule has 0 amide bonds. The van der Waals surface area contributed by atoms with E-state index in [2.05, 4.69) is 0 Å². The lowest BCUT2D eigenvalue weighted by molar-refractivity contribution is -0.110. The standard InChI is InChI=1S/C34H14F4N2O4S3/c1-39-21-9-13(7-16-15-3-11(35)6-20(38)24(15)30(44)27(16)41)45-31(21)33-25(39)26-34(47-33)32-22(40(26)2)10-14(46-32)8-18-23-17(28(42)29(18)43)4-12(36)5-19(23)37/h3-10H,1-2H3/b16-7-,18-8-. The third-order valence-electron chi connectivity index (χ3n) is 8.74. The van der Waals surface area contributed by atoms with Gasteiger partial charge in [0.1, 0.15) is 23.3 Å². The number of benzene rings is 2. The molecule has 2 aliphatic rings. The van der Waals surface area contributed by atoms with Crippen molar-refractivity contribution in [2.24, 2.45) is 14.1 Å². The first-order valence-corrected chi connectivity index (χ1v) is 16.4. The first-order chi connectivity index (χ1) is 22.4. The van der Waals surface area contributed by atoms with Gasteiger partial charge in [-0.25, -0.2) is 17.6 Å². The zero-order valence-electron chi connectivity index (χ0n) is 23.9. The van der Waals surface area contributed by atoms with Gasteiger partial charge in [-0.05, 0) is 36.4 Å². The van der Waals surface area contributed by atoms with Crippen molar-refractivity contribution in [2.75, 3.05) is 0 Å². The Morgan fingerprint density at radius 1 is 0.532 bits per heavy atom. The lowest BCUT2D eigenvalue weighted by Crippen LogP contribution is -2.07. The Morgan fingerprint density at radius 2 is 1.02 bits per heavy atom. The predicted molar refractivity (Wildman–Crippen MR) is 175 cm³/mol. The molecule has 13 heteroatoms. The summed E-state index contributed by atoms with van der Waals surface area (Å²) in [7, 11) is 3.83. The zero-order chi connectivity index (χ0) is 32.8. The van der Waals surface area contributed by atoms with E-state index >= 15 is 0 Å². The van der Waals surface area contributed by atoms with Gasteiger partial charge in [0, 0.05) is 63.8 Å². The van der Waals surface area contributed by atoms with E-state index in [9.17, 15) is 36.7 Å². The molecule has 5 heterocycles. The van der Waals surface area contributed by atoms with E-state index in [0.717, 1.165) is 53.0 Å². The zero-order valence-corrected chi connectivity index (χ0v) is 26.3. The van der Waals surface area contributed by atoms with Crippen LogP contribution in [-0.4, -0.2) is 32.3 Å². The second-order valence-corrected chi connectivity index (χ2v) is 14.5. The van der Waals surface area contributed by atoms with Crippen molar-refractivity contribution in [3.8, 4) is 0 Å². The Labute approximate surface area is 272 Å². The Bertz CT molecular complexity index is 2790. The number of ketones is 4. The van der Waals surface area contributed by atoms with Gasteiger partial charge < -0.3 is 9.13 Å². The van der Waals surface area contributed by atoms with E-state index < -0.39 is 52.0 Å². The van der Waals surface area contributed by atoms with Gasteiger partial charge in [-0.15, -0.1) is 34.0 Å². The smallest absolute Gasteiger partial charge is 0.237 e. The Balaban J connectivity index is 1.18. The van der Waals surface area contributed by atoms with Gasteiger partial charge in [-0.1, -0.05) is 0 Å². The minimum atomic E-state index is -1.07. The number of aryl methyl sites for hydroxylation is 2. The Morgan fingerprint density at radius 3 is 1.60 bits per heavy atom. The molecule has 230 valence electrons. The molecule has 0 bridgehead atoms. The number of carbonyl (C=O) groups excluding carboxylic acids is 4. The largest absolute Gasteiger partial charge is 0.340 e. The van der Waals surface area contributed by atoms with Gasteiger partial charge in [0.2, 0.25) is 23.1 Å². The number of hydrogen-bond acceptors (Lipinski definition) is 7. The van der Waals surface area contributed by atoms with Crippen LogP contribution in [0.4, 0.5) is 17.6 Å². The van der Waals surface area contributed by atoms with Crippen LogP contribution in [0.25, 0.3) is 64.2 Å². The summed E-state index contributed by atoms with van der Waals surface area (Å²) in [5.41, 5.74) is 2.59. The van der Waals surface area contributed by atoms with Crippen LogP contribution < -0.4 is 0 Å². The molecule has 7 aromatic rings. The number of allylic oxidation sites excluding steroid dienone is 2. The summed E-state index contributed by atoms with van der Waals surface area (Å²) < 4.78 is 64.8. The van der Waals surface area contributed by atoms with E-state index in [4.69, 9.17) is 0 Å². The fourth-order valence-corrected chi connectivity index (χ4v) is 10.6. The molecule has 0 spiro atoms. The fraction of sp³-hybridized carbons (Fsp3) is 0.0588. The third-order valence-corrected chi connectivity index (χ3v) is 12.4. The van der Waals surface area contributed by atoms with Gasteiger partial charge in [0.25, 0.3) is 0 Å². The van der Waals surface area contributed by atoms with Crippen LogP contribution in [0.1, 0.15) is 41.6 Å². The molecule has 47 heavy (non-hydrogen) atoms. The first-order valence-electron chi connectivity index (χ1n) is 14.0. The normalized spacial score (nSPS) is 16.6. The molecule has 0 saturated heterocycles. The molecule has 2 aliphatic carbocycles. The highest BCUT2D eigenvalue weighted by Crippen LogP contribution is 2.49. The summed E-state index contributed by atoms with van der Waals surface area (Å²) in [5, 5.41) is 0. The molecular weight excluding hydrogens is 673 g/mol. The van der Waals surface area contributed by atoms with E-state index in [1.807, 2.05) is 35.4 Å². The van der Waals surface area contributed by atoms with E-state index in [1.54, 1.807) is 11.3 Å². The number of nitrogens with zero attached hydrogens (tertiary/aromatic N) is 2. The van der Waals surface area contributed by atoms with Crippen molar-refractivity contribution in [1.82, 2.24) is 9.13 Å². The number of halogens is 4. The fourth-order valence-electron chi connectivity index (χ4n) is 6.68. The van der Waals surface area contributed by atoms with Crippen molar-refractivity contribution in [1.29, 1.82) is 0 Å². The molecule has 2 aromatic carbocycles. The first kappa shape index (κ1) is 28.3. The lowest BCUT2D eigenvalue weighted by atomic mass is 10.1. The molecule has 0 fully saturated rings. The van der Waals surface area contributed by atoms with Crippen LogP contribution >= 0.6 is 34.0 Å². The number of Topliss-reactive ketones (excluding diaryl/α,β-unsaturated/α-hetero) is 4. The number of fused-ring (bicyclic) bond motifs is 9. The predicted octanol–water partition coefficient (Wildman–Crippen LogP) is 8.33. The molecule has 9 rings (SSSR count). The van der Waals surface area contributed by atoms with Crippen LogP contribution in [0.15, 0.2) is 36.4 Å². The maximum absolute atomic E-state index is 14.7. The summed E-state index contributed by atoms with van der Waals surface area (Å²) >= 11 is 4.33. The Kier molecular flexibility index (Phi) is 5.60. The highest BCUT2D eigenvalue weighted by atomic mass is 32.1. The SMILES string of the molecule is Cn1c2cc(/C=C3\C(=O)C(=O)c4c(F)cc(F)cc43)sc2c2sc3c4sc(/C=C5\C(=O)C(=O)c6cc(F)cc(F)c65)cc4n(C)c3c21. The van der Waals surface area contributed by atoms with Crippen molar-refractivity contribution < 1.29 is 36.7 Å². The van der Waals surface area contributed by atoms with E-state index in [1.165, 1.54) is 34.8 Å². The average Bonchev–Trinajstić information content (AvgIpc) is 3.85. The van der Waals surface area contributed by atoms with Crippen LogP contribution in [-0.2, 0) is 23.7 Å². The van der Waals surface area contributed by atoms with Crippen LogP contribution in [0.5, 0.6) is 0 Å². The summed E-state index contributed by atoms with van der Waals surface area (Å²) in [5.74, 6) is -7.57. The highest BCUT2D eigenvalue weighted by molar-refractivity contribution is 7.34. The average molecular weight is 687 g/mol. The summed E-state index contributed by atoms with van der Waals surface area (Å²) in [6.07, 6.45) is 2.97. The summed E-state index contributed by atoms with van der Waals surface area (Å²) in [6.45, 7) is 0. The summed E-state index contributed by atoms with van der Waals surface area (Å²) in [4.78, 5) is 51.7. The molecule has 6 nitrogen and oxygen atoms in total. The van der Waals surface area contributed by atoms with Crippen molar-refractivity contribution in [3.05, 3.63) is 91.7 Å². The molecule has 0 radical (unpaired) electrons. The molecule has 0 saturated carbocycles. The molecule has 0 aliphatic heterocycles. The van der Waals surface area contributed by atoms with Crippen molar-refractivity contribution in [2.45, 2.75) is 0 Å². The van der Waals surface area contributed by atoms with Crippen molar-refractivity contribution >= 4 is 121 Å². The number of carbonyl (C=O) groups is 4. The lowest BCUT2D eigenvalue weighted by Gasteiger charge is -2.01. The summed E-state index contributed by atoms with van der Waals surface area (Å²) in [6, 6.07) is 6.85. The quantitative estimate of drug-likeness (QED) is 0.104. The highest BCUT2D eigenvalue weighted by Gasteiger charge is 2.38. The molecule has 0 unspecified atom stereocenters. The van der Waals surface area contributed by atoms with Gasteiger partial charge in [0.05, 0.1) is 46.4 Å². The number of hydrogen-bond donors (Lipinski definition) is 0. The number of rotatable bonds is 2. The second kappa shape index (κ2) is 9.31.